The summed E-state index contributed by atoms with van der Waals surface area (Å²) in [6, 6.07) is 0. The maximum Gasteiger partial charge on any atom is 0.0520 e. The lowest BCUT2D eigenvalue weighted by Gasteiger charge is -2.37. The van der Waals surface area contributed by atoms with E-state index in [0.29, 0.717) is 5.41 Å². The van der Waals surface area contributed by atoms with E-state index in [9.17, 15) is 0 Å². The molecule has 0 radical (unpaired) electrons. The third-order valence-corrected chi connectivity index (χ3v) is 2.85. The molecule has 0 saturated carbocycles. The van der Waals surface area contributed by atoms with Gasteiger partial charge in [-0.2, -0.15) is 0 Å². The Morgan fingerprint density at radius 1 is 1.33 bits per heavy atom. The lowest BCUT2D eigenvalue weighted by atomic mass is 9.81. The molecule has 12 heavy (non-hydrogen) atoms. The van der Waals surface area contributed by atoms with Crippen LogP contribution in [-0.4, -0.2) is 38.3 Å². The van der Waals surface area contributed by atoms with E-state index in [1.54, 1.807) is 0 Å². The van der Waals surface area contributed by atoms with E-state index in [4.69, 9.17) is 4.74 Å². The molecule has 0 aromatic heterocycles. The van der Waals surface area contributed by atoms with Crippen molar-refractivity contribution in [2.75, 3.05) is 33.4 Å². The molecule has 0 aromatic rings. The van der Waals surface area contributed by atoms with Crippen LogP contribution in [0.25, 0.3) is 0 Å². The highest BCUT2D eigenvalue weighted by molar-refractivity contribution is 4.80. The first-order valence-electron chi connectivity index (χ1n) is 4.92. The van der Waals surface area contributed by atoms with Gasteiger partial charge in [-0.3, -0.25) is 0 Å². The second kappa shape index (κ2) is 4.24. The Kier molecular flexibility index (Phi) is 3.53. The monoisotopic (exact) mass is 171 g/mol. The summed E-state index contributed by atoms with van der Waals surface area (Å²) >= 11 is 0. The maximum absolute atomic E-state index is 5.49. The minimum atomic E-state index is 0.447. The molecule has 2 heteroatoms. The van der Waals surface area contributed by atoms with Crippen molar-refractivity contribution in [3.63, 3.8) is 0 Å². The summed E-state index contributed by atoms with van der Waals surface area (Å²) in [6.07, 6.45) is 2.56. The van der Waals surface area contributed by atoms with Crippen molar-refractivity contribution in [2.24, 2.45) is 5.41 Å². The molecule has 0 aliphatic carbocycles. The Morgan fingerprint density at radius 2 is 1.92 bits per heavy atom. The van der Waals surface area contributed by atoms with E-state index >= 15 is 0 Å². The normalized spacial score (nSPS) is 24.2. The number of hydrogen-bond donors (Lipinski definition) is 0. The number of ether oxygens (including phenoxy) is 1. The molecule has 0 amide bonds. The molecule has 0 spiro atoms. The third-order valence-electron chi connectivity index (χ3n) is 2.85. The third kappa shape index (κ3) is 2.76. The van der Waals surface area contributed by atoms with Crippen LogP contribution in [0.5, 0.6) is 0 Å². The average molecular weight is 171 g/mol. The molecule has 1 rings (SSSR count). The van der Waals surface area contributed by atoms with Crippen LogP contribution >= 0.6 is 0 Å². The summed E-state index contributed by atoms with van der Waals surface area (Å²) in [4.78, 5) is 2.40. The van der Waals surface area contributed by atoms with Gasteiger partial charge in [0.05, 0.1) is 6.61 Å². The van der Waals surface area contributed by atoms with E-state index < -0.39 is 0 Å². The molecule has 1 heterocycles. The van der Waals surface area contributed by atoms with Crippen LogP contribution in [0.15, 0.2) is 0 Å². The van der Waals surface area contributed by atoms with Gasteiger partial charge in [0, 0.05) is 6.61 Å². The van der Waals surface area contributed by atoms with E-state index in [1.165, 1.54) is 25.9 Å². The van der Waals surface area contributed by atoms with Gasteiger partial charge in [-0.15, -0.1) is 0 Å². The molecule has 0 bridgehead atoms. The first-order valence-corrected chi connectivity index (χ1v) is 4.92. The largest absolute Gasteiger partial charge is 0.381 e. The minimum Gasteiger partial charge on any atom is -0.381 e. The van der Waals surface area contributed by atoms with Crippen molar-refractivity contribution >= 4 is 0 Å². The average Bonchev–Trinajstić information content (AvgIpc) is 2.08. The topological polar surface area (TPSA) is 12.5 Å². The van der Waals surface area contributed by atoms with E-state index in [1.807, 2.05) is 0 Å². The van der Waals surface area contributed by atoms with Crippen molar-refractivity contribution in [3.05, 3.63) is 0 Å². The summed E-state index contributed by atoms with van der Waals surface area (Å²) in [5.41, 5.74) is 0.447. The lowest BCUT2D eigenvalue weighted by molar-refractivity contribution is 0.0215. The number of hydrogen-bond acceptors (Lipinski definition) is 2. The Bertz CT molecular complexity index is 122. The van der Waals surface area contributed by atoms with Crippen molar-refractivity contribution in [1.29, 1.82) is 0 Å². The number of piperidine rings is 1. The molecule has 0 unspecified atom stereocenters. The highest BCUT2D eigenvalue weighted by Gasteiger charge is 2.28. The summed E-state index contributed by atoms with van der Waals surface area (Å²) < 4.78 is 5.49. The van der Waals surface area contributed by atoms with Gasteiger partial charge in [0.25, 0.3) is 0 Å². The maximum atomic E-state index is 5.49. The molecule has 0 atom stereocenters. The van der Waals surface area contributed by atoms with Gasteiger partial charge in [-0.1, -0.05) is 6.92 Å². The fourth-order valence-electron chi connectivity index (χ4n) is 1.65. The lowest BCUT2D eigenvalue weighted by Crippen LogP contribution is -2.38. The molecular weight excluding hydrogens is 150 g/mol. The summed E-state index contributed by atoms with van der Waals surface area (Å²) in [5.74, 6) is 0. The fraction of sp³-hybridized carbons (Fsp3) is 1.00. The Labute approximate surface area is 75.9 Å². The number of likely N-dealkylation sites (tertiary alicyclic amines) is 1. The zero-order chi connectivity index (χ0) is 9.03. The molecule has 1 fully saturated rings. The Hall–Kier alpha value is -0.0800. The van der Waals surface area contributed by atoms with Gasteiger partial charge in [-0.05, 0) is 45.3 Å². The summed E-state index contributed by atoms with van der Waals surface area (Å²) in [5, 5.41) is 0. The molecule has 72 valence electrons. The molecule has 0 aromatic carbocycles. The van der Waals surface area contributed by atoms with Crippen molar-refractivity contribution in [3.8, 4) is 0 Å². The van der Waals surface area contributed by atoms with E-state index in [0.717, 1.165) is 13.2 Å². The smallest absolute Gasteiger partial charge is 0.0520 e. The van der Waals surface area contributed by atoms with Crippen LogP contribution in [0.4, 0.5) is 0 Å². The Morgan fingerprint density at radius 3 is 2.42 bits per heavy atom. The van der Waals surface area contributed by atoms with Gasteiger partial charge in [-0.25, -0.2) is 0 Å². The van der Waals surface area contributed by atoms with Gasteiger partial charge >= 0.3 is 0 Å². The molecule has 0 N–H and O–H groups in total. The van der Waals surface area contributed by atoms with E-state index in [2.05, 4.69) is 25.8 Å². The quantitative estimate of drug-likeness (QED) is 0.641. The van der Waals surface area contributed by atoms with Crippen LogP contribution in [-0.2, 0) is 4.74 Å². The van der Waals surface area contributed by atoms with Gasteiger partial charge in [0.1, 0.15) is 0 Å². The zero-order valence-electron chi connectivity index (χ0n) is 8.60. The predicted octanol–water partition coefficient (Wildman–Crippen LogP) is 1.75. The van der Waals surface area contributed by atoms with Crippen molar-refractivity contribution in [2.45, 2.75) is 26.7 Å². The highest BCUT2D eigenvalue weighted by atomic mass is 16.5. The van der Waals surface area contributed by atoms with Crippen molar-refractivity contribution in [1.82, 2.24) is 4.90 Å². The summed E-state index contributed by atoms with van der Waals surface area (Å²) in [7, 11) is 2.19. The fourth-order valence-corrected chi connectivity index (χ4v) is 1.65. The number of nitrogens with zero attached hydrogens (tertiary/aromatic N) is 1. The molecule has 1 aliphatic heterocycles. The second-order valence-corrected chi connectivity index (χ2v) is 4.25. The molecule has 1 saturated heterocycles. The second-order valence-electron chi connectivity index (χ2n) is 4.25. The zero-order valence-corrected chi connectivity index (χ0v) is 8.60. The Balaban J connectivity index is 2.29. The van der Waals surface area contributed by atoms with Gasteiger partial charge < -0.3 is 9.64 Å². The van der Waals surface area contributed by atoms with E-state index in [-0.39, 0.29) is 0 Å². The SMILES string of the molecule is CCOCC1(C)CCN(C)CC1. The number of rotatable bonds is 3. The van der Waals surface area contributed by atoms with Gasteiger partial charge in [0.15, 0.2) is 0 Å². The minimum absolute atomic E-state index is 0.447. The summed E-state index contributed by atoms with van der Waals surface area (Å²) in [6.45, 7) is 8.66. The van der Waals surface area contributed by atoms with Crippen LogP contribution in [0.1, 0.15) is 26.7 Å². The van der Waals surface area contributed by atoms with Crippen LogP contribution < -0.4 is 0 Å². The van der Waals surface area contributed by atoms with Crippen molar-refractivity contribution < 1.29 is 4.74 Å². The van der Waals surface area contributed by atoms with Gasteiger partial charge in [0.2, 0.25) is 0 Å². The standard InChI is InChI=1S/C10H21NO/c1-4-12-9-10(2)5-7-11(3)8-6-10/h4-9H2,1-3H3. The first-order chi connectivity index (χ1) is 5.66. The van der Waals surface area contributed by atoms with Crippen LogP contribution in [0.3, 0.4) is 0 Å². The molecular formula is C10H21NO. The van der Waals surface area contributed by atoms with Crippen LogP contribution in [0, 0.1) is 5.41 Å². The van der Waals surface area contributed by atoms with Crippen LogP contribution in [0.2, 0.25) is 0 Å². The predicted molar refractivity (Wildman–Crippen MR) is 51.3 cm³/mol. The molecule has 1 aliphatic rings. The first kappa shape index (κ1) is 10.0. The highest BCUT2D eigenvalue weighted by Crippen LogP contribution is 2.30. The molecule has 2 nitrogen and oxygen atoms in total.